The maximum atomic E-state index is 12.7. The molecule has 1 aromatic heterocycles. The number of carbonyl (C=O) groups excluding carboxylic acids is 2. The molecule has 162 valence electrons. The quantitative estimate of drug-likeness (QED) is 0.460. The van der Waals surface area contributed by atoms with Gasteiger partial charge in [0.15, 0.2) is 0 Å². The minimum absolute atomic E-state index is 0.222. The number of imide groups is 1. The van der Waals surface area contributed by atoms with Crippen LogP contribution in [0, 0.1) is 6.92 Å². The van der Waals surface area contributed by atoms with Gasteiger partial charge in [-0.1, -0.05) is 25.7 Å². The van der Waals surface area contributed by atoms with Gasteiger partial charge >= 0.3 is 0 Å². The highest BCUT2D eigenvalue weighted by Crippen LogP contribution is 2.27. The highest BCUT2D eigenvalue weighted by Gasteiger charge is 2.30. The molecule has 1 aliphatic rings. The number of unbranched alkanes of at least 4 members (excludes halogenated alkanes) is 5. The van der Waals surface area contributed by atoms with Crippen molar-refractivity contribution in [2.45, 2.75) is 64.3 Å². The molecule has 2 amide bonds. The van der Waals surface area contributed by atoms with Crippen LogP contribution in [0.4, 0.5) is 0 Å². The summed E-state index contributed by atoms with van der Waals surface area (Å²) >= 11 is 0. The van der Waals surface area contributed by atoms with Gasteiger partial charge in [-0.25, -0.2) is 0 Å². The summed E-state index contributed by atoms with van der Waals surface area (Å²) in [5.41, 5.74) is 6.77. The van der Waals surface area contributed by atoms with Crippen LogP contribution in [-0.2, 0) is 9.59 Å². The summed E-state index contributed by atoms with van der Waals surface area (Å²) in [5.74, 6) is -0.0519. The molecule has 3 rings (SSSR count). The lowest BCUT2D eigenvalue weighted by Gasteiger charge is -2.25. The van der Waals surface area contributed by atoms with E-state index in [4.69, 9.17) is 10.5 Å². The third kappa shape index (κ3) is 5.27. The number of pyridine rings is 1. The lowest BCUT2D eigenvalue weighted by atomic mass is 10.0. The van der Waals surface area contributed by atoms with Gasteiger partial charge in [0.2, 0.25) is 11.8 Å². The molecule has 0 spiro atoms. The van der Waals surface area contributed by atoms with E-state index in [1.165, 1.54) is 29.9 Å². The summed E-state index contributed by atoms with van der Waals surface area (Å²) in [4.78, 5) is 36.6. The zero-order valence-electron chi connectivity index (χ0n) is 17.6. The molecule has 0 radical (unpaired) electrons. The fraction of sp³-hybridized carbons (Fsp3) is 0.522. The predicted molar refractivity (Wildman–Crippen MR) is 117 cm³/mol. The van der Waals surface area contributed by atoms with Crippen LogP contribution < -0.4 is 21.3 Å². The molecule has 1 fully saturated rings. The molecule has 2 aromatic rings. The summed E-state index contributed by atoms with van der Waals surface area (Å²) in [5, 5.41) is 3.23. The molecule has 3 N–H and O–H groups in total. The minimum Gasteiger partial charge on any atom is -0.494 e. The van der Waals surface area contributed by atoms with Crippen LogP contribution in [0.15, 0.2) is 29.1 Å². The Morgan fingerprint density at radius 2 is 1.80 bits per heavy atom. The maximum Gasteiger partial charge on any atom is 0.252 e. The Kier molecular flexibility index (Phi) is 7.63. The van der Waals surface area contributed by atoms with E-state index in [-0.39, 0.29) is 17.9 Å². The molecular formula is C23H31N3O4. The molecule has 0 bridgehead atoms. The van der Waals surface area contributed by atoms with Gasteiger partial charge in [-0.2, -0.15) is 0 Å². The molecule has 0 aliphatic carbocycles. The average molecular weight is 414 g/mol. The molecule has 2 heterocycles. The molecule has 7 nitrogen and oxygen atoms in total. The number of hydrogen-bond donors (Lipinski definition) is 2. The molecule has 1 aliphatic heterocycles. The second-order valence-electron chi connectivity index (χ2n) is 7.94. The van der Waals surface area contributed by atoms with E-state index < -0.39 is 11.9 Å². The van der Waals surface area contributed by atoms with Crippen LogP contribution in [-0.4, -0.2) is 29.5 Å². The number of piperidine rings is 1. The zero-order valence-corrected chi connectivity index (χ0v) is 17.6. The highest BCUT2D eigenvalue weighted by molar-refractivity contribution is 6.00. The number of carbonyl (C=O) groups is 2. The molecule has 1 atom stereocenters. The Labute approximate surface area is 176 Å². The number of aromatic nitrogens is 1. The van der Waals surface area contributed by atoms with Crippen LogP contribution in [0.25, 0.3) is 10.9 Å². The number of benzene rings is 1. The summed E-state index contributed by atoms with van der Waals surface area (Å²) in [7, 11) is 0. The van der Waals surface area contributed by atoms with E-state index in [1.54, 1.807) is 0 Å². The number of rotatable bonds is 10. The van der Waals surface area contributed by atoms with Gasteiger partial charge in [-0.15, -0.1) is 0 Å². The second-order valence-corrected chi connectivity index (χ2v) is 7.94. The first-order valence-electron chi connectivity index (χ1n) is 10.8. The minimum atomic E-state index is -0.693. The number of nitrogens with two attached hydrogens (primary N) is 1. The Hall–Kier alpha value is -2.67. The zero-order chi connectivity index (χ0) is 21.5. The number of fused-ring (bicyclic) bond motifs is 1. The first kappa shape index (κ1) is 22.0. The van der Waals surface area contributed by atoms with Gasteiger partial charge in [0, 0.05) is 23.9 Å². The number of aryl methyl sites for hydroxylation is 1. The van der Waals surface area contributed by atoms with E-state index in [0.717, 1.165) is 36.8 Å². The van der Waals surface area contributed by atoms with Crippen LogP contribution in [0.3, 0.4) is 0 Å². The van der Waals surface area contributed by atoms with Crippen molar-refractivity contribution in [2.75, 3.05) is 13.2 Å². The summed E-state index contributed by atoms with van der Waals surface area (Å²) in [6.45, 7) is 3.25. The monoisotopic (exact) mass is 413 g/mol. The van der Waals surface area contributed by atoms with Crippen molar-refractivity contribution < 1.29 is 14.3 Å². The topological polar surface area (TPSA) is 103 Å². The Balaban J connectivity index is 1.73. The van der Waals surface area contributed by atoms with Crippen LogP contribution in [0.1, 0.15) is 63.0 Å². The normalized spacial score (nSPS) is 16.7. The van der Waals surface area contributed by atoms with E-state index in [9.17, 15) is 14.4 Å². The first-order chi connectivity index (χ1) is 14.5. The maximum absolute atomic E-state index is 12.7. The van der Waals surface area contributed by atoms with E-state index in [1.807, 2.05) is 25.1 Å². The van der Waals surface area contributed by atoms with Gasteiger partial charge in [-0.05, 0) is 50.4 Å². The average Bonchev–Trinajstić information content (AvgIpc) is 2.71. The smallest absolute Gasteiger partial charge is 0.252 e. The molecule has 7 heteroatoms. The van der Waals surface area contributed by atoms with E-state index >= 15 is 0 Å². The van der Waals surface area contributed by atoms with Crippen molar-refractivity contribution in [3.63, 3.8) is 0 Å². The second kappa shape index (κ2) is 10.4. The standard InChI is InChI=1S/C23H31N3O4/c1-16-14-22(28)26(19-10-11-21(27)25-23(19)29)20-15-17(8-9-18(16)20)30-13-7-5-3-2-4-6-12-24/h8-9,14-15,19H,2-7,10-13,24H2,1H3,(H,25,27,29). The number of nitrogens with one attached hydrogen (secondary N) is 1. The molecule has 1 unspecified atom stereocenters. The predicted octanol–water partition coefficient (Wildman–Crippen LogP) is 2.97. The van der Waals surface area contributed by atoms with Gasteiger partial charge in [0.25, 0.3) is 5.56 Å². The molecule has 0 saturated carbocycles. The van der Waals surface area contributed by atoms with Crippen LogP contribution in [0.5, 0.6) is 5.75 Å². The summed E-state index contributed by atoms with van der Waals surface area (Å²) < 4.78 is 7.41. The van der Waals surface area contributed by atoms with Crippen LogP contribution in [0.2, 0.25) is 0 Å². The lowest BCUT2D eigenvalue weighted by molar-refractivity contribution is -0.135. The third-order valence-electron chi connectivity index (χ3n) is 5.62. The summed E-state index contributed by atoms with van der Waals surface area (Å²) in [6.07, 6.45) is 7.26. The van der Waals surface area contributed by atoms with E-state index in [0.29, 0.717) is 24.3 Å². The SMILES string of the molecule is Cc1cc(=O)n(C2CCC(=O)NC2=O)c2cc(OCCCCCCCCN)ccc12. The van der Waals surface area contributed by atoms with E-state index in [2.05, 4.69) is 5.32 Å². The lowest BCUT2D eigenvalue weighted by Crippen LogP contribution is -2.44. The molecular weight excluding hydrogens is 382 g/mol. The highest BCUT2D eigenvalue weighted by atomic mass is 16.5. The largest absolute Gasteiger partial charge is 0.494 e. The fourth-order valence-electron chi connectivity index (χ4n) is 3.98. The number of ether oxygens (including phenoxy) is 1. The first-order valence-corrected chi connectivity index (χ1v) is 10.8. The molecule has 1 aromatic carbocycles. The van der Waals surface area contributed by atoms with Gasteiger partial charge < -0.3 is 10.5 Å². The number of hydrogen-bond acceptors (Lipinski definition) is 5. The van der Waals surface area contributed by atoms with Crippen molar-refractivity contribution in [2.24, 2.45) is 5.73 Å². The van der Waals surface area contributed by atoms with Crippen LogP contribution >= 0.6 is 0 Å². The van der Waals surface area contributed by atoms with Crippen molar-refractivity contribution in [1.29, 1.82) is 0 Å². The molecule has 30 heavy (non-hydrogen) atoms. The Morgan fingerprint density at radius 3 is 2.53 bits per heavy atom. The van der Waals surface area contributed by atoms with Gasteiger partial charge in [0.05, 0.1) is 12.1 Å². The Morgan fingerprint density at radius 1 is 1.07 bits per heavy atom. The fourth-order valence-corrected chi connectivity index (χ4v) is 3.98. The van der Waals surface area contributed by atoms with Crippen molar-refractivity contribution in [1.82, 2.24) is 9.88 Å². The number of amides is 2. The molecule has 1 saturated heterocycles. The Bertz CT molecular complexity index is 967. The van der Waals surface area contributed by atoms with Crippen molar-refractivity contribution in [3.05, 3.63) is 40.2 Å². The third-order valence-corrected chi connectivity index (χ3v) is 5.62. The van der Waals surface area contributed by atoms with Gasteiger partial charge in [-0.3, -0.25) is 24.3 Å². The van der Waals surface area contributed by atoms with Crippen molar-refractivity contribution in [3.8, 4) is 5.75 Å². The summed E-state index contributed by atoms with van der Waals surface area (Å²) in [6, 6.07) is 6.50. The van der Waals surface area contributed by atoms with Gasteiger partial charge in [0.1, 0.15) is 11.8 Å². The number of nitrogens with zero attached hydrogens (tertiary/aromatic N) is 1. The van der Waals surface area contributed by atoms with Crippen molar-refractivity contribution >= 4 is 22.7 Å².